The van der Waals surface area contributed by atoms with Crippen molar-refractivity contribution in [3.63, 3.8) is 0 Å². The molecule has 1 heterocycles. The summed E-state index contributed by atoms with van der Waals surface area (Å²) >= 11 is 0. The summed E-state index contributed by atoms with van der Waals surface area (Å²) in [5.74, 6) is 0. The Morgan fingerprint density at radius 1 is 0.727 bits per heavy atom. The SMILES string of the molecule is C1COPO1.c1ccccc1. The van der Waals surface area contributed by atoms with Gasteiger partial charge >= 0.3 is 0 Å². The van der Waals surface area contributed by atoms with Crippen LogP contribution in [0.4, 0.5) is 0 Å². The van der Waals surface area contributed by atoms with E-state index in [-0.39, 0.29) is 0 Å². The molecule has 0 aliphatic carbocycles. The molecular formula is C8H11O2P. The van der Waals surface area contributed by atoms with Crippen LogP contribution in [0.2, 0.25) is 0 Å². The molecule has 0 bridgehead atoms. The van der Waals surface area contributed by atoms with Crippen LogP contribution in [0, 0.1) is 0 Å². The first-order valence-corrected chi connectivity index (χ1v) is 4.30. The molecule has 0 N–H and O–H groups in total. The van der Waals surface area contributed by atoms with Gasteiger partial charge in [-0.15, -0.1) is 0 Å². The maximum atomic E-state index is 4.75. The molecule has 2 nitrogen and oxygen atoms in total. The summed E-state index contributed by atoms with van der Waals surface area (Å²) < 4.78 is 9.50. The molecule has 1 aromatic carbocycles. The fourth-order valence-corrected chi connectivity index (χ4v) is 1.01. The van der Waals surface area contributed by atoms with Crippen LogP contribution in [0.1, 0.15) is 0 Å². The Balaban J connectivity index is 0.000000112. The Morgan fingerprint density at radius 2 is 1.09 bits per heavy atom. The number of hydrogen-bond acceptors (Lipinski definition) is 2. The van der Waals surface area contributed by atoms with E-state index in [9.17, 15) is 0 Å². The van der Waals surface area contributed by atoms with Crippen molar-refractivity contribution in [2.45, 2.75) is 0 Å². The van der Waals surface area contributed by atoms with Gasteiger partial charge in [0.25, 0.3) is 0 Å². The smallest absolute Gasteiger partial charge is 0.155 e. The average Bonchev–Trinajstić information content (AvgIpc) is 2.64. The summed E-state index contributed by atoms with van der Waals surface area (Å²) in [4.78, 5) is 0. The van der Waals surface area contributed by atoms with E-state index < -0.39 is 0 Å². The van der Waals surface area contributed by atoms with Crippen molar-refractivity contribution in [3.8, 4) is 0 Å². The molecule has 1 aromatic rings. The van der Waals surface area contributed by atoms with Crippen molar-refractivity contribution in [2.24, 2.45) is 0 Å². The van der Waals surface area contributed by atoms with Gasteiger partial charge in [-0.1, -0.05) is 36.4 Å². The van der Waals surface area contributed by atoms with Gasteiger partial charge in [0.1, 0.15) is 0 Å². The van der Waals surface area contributed by atoms with E-state index in [1.54, 1.807) is 0 Å². The second-order valence-electron chi connectivity index (χ2n) is 1.93. The van der Waals surface area contributed by atoms with Crippen LogP contribution in [0.3, 0.4) is 0 Å². The van der Waals surface area contributed by atoms with Gasteiger partial charge in [0.05, 0.1) is 13.2 Å². The molecule has 0 spiro atoms. The van der Waals surface area contributed by atoms with Gasteiger partial charge in [0.15, 0.2) is 9.03 Å². The van der Waals surface area contributed by atoms with Crippen LogP contribution >= 0.6 is 9.03 Å². The maximum absolute atomic E-state index is 4.75. The van der Waals surface area contributed by atoms with Crippen molar-refractivity contribution in [2.75, 3.05) is 13.2 Å². The molecule has 3 heteroatoms. The van der Waals surface area contributed by atoms with E-state index in [1.807, 2.05) is 36.4 Å². The second kappa shape index (κ2) is 6.29. The zero-order chi connectivity index (χ0) is 7.78. The van der Waals surface area contributed by atoms with Crippen molar-refractivity contribution in [1.29, 1.82) is 0 Å². The van der Waals surface area contributed by atoms with Crippen molar-refractivity contribution < 1.29 is 9.05 Å². The van der Waals surface area contributed by atoms with E-state index in [2.05, 4.69) is 0 Å². The van der Waals surface area contributed by atoms with Crippen LogP contribution in [-0.4, -0.2) is 13.2 Å². The lowest BCUT2D eigenvalue weighted by Crippen LogP contribution is -1.79. The van der Waals surface area contributed by atoms with Gasteiger partial charge in [-0.25, -0.2) is 0 Å². The summed E-state index contributed by atoms with van der Waals surface area (Å²) in [5.41, 5.74) is 0. The van der Waals surface area contributed by atoms with E-state index in [4.69, 9.17) is 9.05 Å². The molecule has 0 aromatic heterocycles. The normalized spacial score (nSPS) is 15.3. The molecule has 0 unspecified atom stereocenters. The third-order valence-corrected chi connectivity index (χ3v) is 1.72. The monoisotopic (exact) mass is 170 g/mol. The predicted molar refractivity (Wildman–Crippen MR) is 46.7 cm³/mol. The molecule has 0 atom stereocenters. The third-order valence-electron chi connectivity index (χ3n) is 1.07. The van der Waals surface area contributed by atoms with Crippen LogP contribution in [-0.2, 0) is 9.05 Å². The van der Waals surface area contributed by atoms with Gasteiger partial charge in [-0.3, -0.25) is 0 Å². The highest BCUT2D eigenvalue weighted by Crippen LogP contribution is 2.18. The molecule has 2 rings (SSSR count). The van der Waals surface area contributed by atoms with Crippen LogP contribution in [0.5, 0.6) is 0 Å². The first-order valence-electron chi connectivity index (χ1n) is 3.49. The minimum Gasteiger partial charge on any atom is -0.334 e. The van der Waals surface area contributed by atoms with E-state index in [0.717, 1.165) is 13.2 Å². The standard InChI is InChI=1S/C6H6.C2H5O2P/c1-2-4-6-5-3-1;1-2-4-5-3-1/h1-6H;5H,1-2H2. The van der Waals surface area contributed by atoms with Crippen LogP contribution in [0.15, 0.2) is 36.4 Å². The Morgan fingerprint density at radius 3 is 1.27 bits per heavy atom. The van der Waals surface area contributed by atoms with Crippen molar-refractivity contribution >= 4 is 9.03 Å². The zero-order valence-electron chi connectivity index (χ0n) is 6.19. The minimum atomic E-state index is 0.309. The van der Waals surface area contributed by atoms with E-state index >= 15 is 0 Å². The Kier molecular flexibility index (Phi) is 4.96. The predicted octanol–water partition coefficient (Wildman–Crippen LogP) is 2.23. The quantitative estimate of drug-likeness (QED) is 0.556. The fraction of sp³-hybridized carbons (Fsp3) is 0.250. The van der Waals surface area contributed by atoms with E-state index in [1.165, 1.54) is 0 Å². The minimum absolute atomic E-state index is 0.309. The molecule has 0 radical (unpaired) electrons. The van der Waals surface area contributed by atoms with E-state index in [0.29, 0.717) is 9.03 Å². The van der Waals surface area contributed by atoms with Gasteiger partial charge in [0.2, 0.25) is 0 Å². The Bertz CT molecular complexity index is 129. The Labute approximate surface area is 68.5 Å². The molecule has 0 saturated carbocycles. The number of benzene rings is 1. The lowest BCUT2D eigenvalue weighted by molar-refractivity contribution is 0.365. The fourth-order valence-electron chi connectivity index (χ4n) is 0.593. The molecule has 1 saturated heterocycles. The summed E-state index contributed by atoms with van der Waals surface area (Å²) in [6.45, 7) is 1.58. The van der Waals surface area contributed by atoms with Gasteiger partial charge in [0, 0.05) is 0 Å². The summed E-state index contributed by atoms with van der Waals surface area (Å²) in [7, 11) is 0.309. The van der Waals surface area contributed by atoms with Crippen LogP contribution < -0.4 is 0 Å². The highest BCUT2D eigenvalue weighted by molar-refractivity contribution is 7.26. The van der Waals surface area contributed by atoms with Crippen LogP contribution in [0.25, 0.3) is 0 Å². The first kappa shape index (κ1) is 8.66. The topological polar surface area (TPSA) is 18.5 Å². The average molecular weight is 170 g/mol. The lowest BCUT2D eigenvalue weighted by Gasteiger charge is -1.74. The highest BCUT2D eigenvalue weighted by atomic mass is 31.1. The largest absolute Gasteiger partial charge is 0.334 e. The van der Waals surface area contributed by atoms with Gasteiger partial charge in [-0.05, 0) is 0 Å². The van der Waals surface area contributed by atoms with Crippen molar-refractivity contribution in [3.05, 3.63) is 36.4 Å². The summed E-state index contributed by atoms with van der Waals surface area (Å²) in [6, 6.07) is 12.0. The maximum Gasteiger partial charge on any atom is 0.155 e. The van der Waals surface area contributed by atoms with Gasteiger partial charge in [-0.2, -0.15) is 0 Å². The molecule has 60 valence electrons. The molecule has 11 heavy (non-hydrogen) atoms. The lowest BCUT2D eigenvalue weighted by atomic mass is 10.4. The number of rotatable bonds is 0. The molecule has 1 aliphatic heterocycles. The third kappa shape index (κ3) is 4.91. The molecule has 1 aliphatic rings. The Hall–Kier alpha value is -0.430. The number of hydrogen-bond donors (Lipinski definition) is 0. The summed E-state index contributed by atoms with van der Waals surface area (Å²) in [6.07, 6.45) is 0. The molecule has 0 amide bonds. The first-order chi connectivity index (χ1) is 5.50. The van der Waals surface area contributed by atoms with Gasteiger partial charge < -0.3 is 9.05 Å². The van der Waals surface area contributed by atoms with Crippen molar-refractivity contribution in [1.82, 2.24) is 0 Å². The highest BCUT2D eigenvalue weighted by Gasteiger charge is 1.94. The second-order valence-corrected chi connectivity index (χ2v) is 2.68. The molecular weight excluding hydrogens is 159 g/mol. The zero-order valence-corrected chi connectivity index (χ0v) is 7.19. The summed E-state index contributed by atoms with van der Waals surface area (Å²) in [5, 5.41) is 0. The molecule has 1 fully saturated rings.